The molecule has 0 fully saturated rings. The molecule has 0 aliphatic rings. The molecule has 0 aliphatic carbocycles. The van der Waals surface area contributed by atoms with Gasteiger partial charge in [0.05, 0.1) is 17.6 Å². The van der Waals surface area contributed by atoms with Crippen molar-refractivity contribution in [3.8, 4) is 0 Å². The predicted octanol–water partition coefficient (Wildman–Crippen LogP) is 2.57. The summed E-state index contributed by atoms with van der Waals surface area (Å²) >= 11 is 5.20. The third-order valence-electron chi connectivity index (χ3n) is 2.52. The van der Waals surface area contributed by atoms with Crippen molar-refractivity contribution in [2.45, 2.75) is 20.4 Å². The summed E-state index contributed by atoms with van der Waals surface area (Å²) in [6, 6.07) is 5.96. The summed E-state index contributed by atoms with van der Waals surface area (Å²) in [4.78, 5) is 14.6. The number of carbonyl (C=O) groups is 1. The molecular weight excluding hydrogens is 236 g/mol. The molecule has 5 heteroatoms. The Kier molecular flexibility index (Phi) is 3.28. The van der Waals surface area contributed by atoms with Crippen LogP contribution in [0.15, 0.2) is 18.2 Å². The number of benzene rings is 1. The van der Waals surface area contributed by atoms with Crippen LogP contribution < -0.4 is 0 Å². The van der Waals surface area contributed by atoms with Gasteiger partial charge in [0.1, 0.15) is 6.54 Å². The highest BCUT2D eigenvalue weighted by atomic mass is 32.1. The van der Waals surface area contributed by atoms with Gasteiger partial charge in [0.25, 0.3) is 0 Å². The summed E-state index contributed by atoms with van der Waals surface area (Å²) in [5.74, 6) is -0.272. The predicted molar refractivity (Wildman–Crippen MR) is 68.5 cm³/mol. The number of esters is 1. The number of fused-ring (bicyclic) bond motifs is 1. The first kappa shape index (κ1) is 11.9. The summed E-state index contributed by atoms with van der Waals surface area (Å²) in [5, 5.41) is 0. The number of aryl methyl sites for hydroxylation is 1. The molecule has 4 nitrogen and oxygen atoms in total. The maximum atomic E-state index is 11.5. The first-order valence-corrected chi connectivity index (χ1v) is 5.87. The lowest BCUT2D eigenvalue weighted by Gasteiger charge is -2.04. The molecule has 1 heterocycles. The van der Waals surface area contributed by atoms with Gasteiger partial charge in [0.2, 0.25) is 0 Å². The molecule has 0 aliphatic heterocycles. The molecule has 0 saturated carbocycles. The Balaban J connectivity index is 2.45. The van der Waals surface area contributed by atoms with E-state index in [9.17, 15) is 4.79 Å². The Morgan fingerprint density at radius 1 is 1.53 bits per heavy atom. The molecule has 1 aromatic heterocycles. The molecule has 0 radical (unpaired) electrons. The number of hydrogen-bond donors (Lipinski definition) is 1. The molecule has 0 unspecified atom stereocenters. The zero-order valence-corrected chi connectivity index (χ0v) is 10.6. The van der Waals surface area contributed by atoms with Gasteiger partial charge < -0.3 is 14.3 Å². The molecule has 1 aromatic carbocycles. The minimum Gasteiger partial charge on any atom is -0.465 e. The van der Waals surface area contributed by atoms with Gasteiger partial charge in [-0.3, -0.25) is 4.79 Å². The first-order chi connectivity index (χ1) is 8.11. The van der Waals surface area contributed by atoms with Crippen molar-refractivity contribution >= 4 is 29.2 Å². The Morgan fingerprint density at radius 3 is 3.00 bits per heavy atom. The van der Waals surface area contributed by atoms with Crippen LogP contribution in [0.4, 0.5) is 0 Å². The normalized spacial score (nSPS) is 10.7. The maximum absolute atomic E-state index is 11.5. The number of nitrogens with zero attached hydrogens (tertiary/aromatic N) is 1. The van der Waals surface area contributed by atoms with E-state index in [4.69, 9.17) is 17.0 Å². The fourth-order valence-corrected chi connectivity index (χ4v) is 2.03. The number of aromatic amines is 1. The number of rotatable bonds is 3. The highest BCUT2D eigenvalue weighted by molar-refractivity contribution is 7.71. The average molecular weight is 250 g/mol. The number of carbonyl (C=O) groups excluding carboxylic acids is 1. The molecule has 0 spiro atoms. The summed E-state index contributed by atoms with van der Waals surface area (Å²) in [6.07, 6.45) is 0. The second-order valence-corrected chi connectivity index (χ2v) is 4.23. The van der Waals surface area contributed by atoms with Crippen molar-refractivity contribution < 1.29 is 9.53 Å². The molecule has 0 saturated heterocycles. The highest BCUT2D eigenvalue weighted by Crippen LogP contribution is 2.15. The average Bonchev–Trinajstić information content (AvgIpc) is 2.56. The molecule has 17 heavy (non-hydrogen) atoms. The molecular formula is C12H14N2O2S. The monoisotopic (exact) mass is 250 g/mol. The van der Waals surface area contributed by atoms with Crippen molar-refractivity contribution in [2.24, 2.45) is 0 Å². The molecule has 1 N–H and O–H groups in total. The van der Waals surface area contributed by atoms with Gasteiger partial charge in [0.15, 0.2) is 4.77 Å². The number of H-pyrrole nitrogens is 1. The molecule has 2 aromatic rings. The van der Waals surface area contributed by atoms with Crippen molar-refractivity contribution in [2.75, 3.05) is 6.61 Å². The zero-order chi connectivity index (χ0) is 12.4. The number of ether oxygens (including phenoxy) is 1. The standard InChI is InChI=1S/C12H14N2O2S/c1-3-16-11(15)7-14-10-6-8(2)4-5-9(10)13-12(14)17/h4-6H,3,7H2,1-2H3,(H,13,17). The minimum atomic E-state index is -0.272. The van der Waals surface area contributed by atoms with E-state index < -0.39 is 0 Å². The van der Waals surface area contributed by atoms with Crippen LogP contribution in [0.3, 0.4) is 0 Å². The van der Waals surface area contributed by atoms with Crippen molar-refractivity contribution in [3.05, 3.63) is 28.5 Å². The lowest BCUT2D eigenvalue weighted by atomic mass is 10.2. The van der Waals surface area contributed by atoms with E-state index in [0.717, 1.165) is 16.6 Å². The van der Waals surface area contributed by atoms with E-state index in [1.165, 1.54) is 0 Å². The minimum absolute atomic E-state index is 0.149. The van der Waals surface area contributed by atoms with Gasteiger partial charge in [-0.15, -0.1) is 0 Å². The fraction of sp³-hybridized carbons (Fsp3) is 0.333. The summed E-state index contributed by atoms with van der Waals surface area (Å²) < 4.78 is 7.23. The summed E-state index contributed by atoms with van der Waals surface area (Å²) in [7, 11) is 0. The lowest BCUT2D eigenvalue weighted by Crippen LogP contribution is -2.13. The third kappa shape index (κ3) is 2.39. The molecule has 0 amide bonds. The number of nitrogens with one attached hydrogen (secondary N) is 1. The van der Waals surface area contributed by atoms with Crippen LogP contribution in [0.1, 0.15) is 12.5 Å². The lowest BCUT2D eigenvalue weighted by molar-refractivity contribution is -0.143. The molecule has 2 rings (SSSR count). The van der Waals surface area contributed by atoms with E-state index in [0.29, 0.717) is 11.4 Å². The molecule has 0 bridgehead atoms. The van der Waals surface area contributed by atoms with Gasteiger partial charge >= 0.3 is 5.97 Å². The van der Waals surface area contributed by atoms with E-state index in [1.54, 1.807) is 11.5 Å². The molecule has 0 atom stereocenters. The molecule has 90 valence electrons. The van der Waals surface area contributed by atoms with E-state index in [2.05, 4.69) is 4.98 Å². The van der Waals surface area contributed by atoms with Crippen molar-refractivity contribution in [1.29, 1.82) is 0 Å². The topological polar surface area (TPSA) is 47.0 Å². The first-order valence-electron chi connectivity index (χ1n) is 5.46. The van der Waals surface area contributed by atoms with Crippen LogP contribution in [0.25, 0.3) is 11.0 Å². The van der Waals surface area contributed by atoms with Gasteiger partial charge in [0, 0.05) is 0 Å². The Morgan fingerprint density at radius 2 is 2.29 bits per heavy atom. The number of hydrogen-bond acceptors (Lipinski definition) is 3. The van der Waals surface area contributed by atoms with Gasteiger partial charge in [-0.25, -0.2) is 0 Å². The SMILES string of the molecule is CCOC(=O)Cn1c(=S)[nH]c2ccc(C)cc21. The van der Waals surface area contributed by atoms with E-state index in [-0.39, 0.29) is 12.5 Å². The Labute approximate surface area is 104 Å². The summed E-state index contributed by atoms with van der Waals surface area (Å²) in [6.45, 7) is 4.32. The fourth-order valence-electron chi connectivity index (χ4n) is 1.76. The second kappa shape index (κ2) is 4.71. The van der Waals surface area contributed by atoms with Gasteiger partial charge in [-0.05, 0) is 43.8 Å². The van der Waals surface area contributed by atoms with Crippen LogP contribution in [-0.4, -0.2) is 22.1 Å². The smallest absolute Gasteiger partial charge is 0.326 e. The van der Waals surface area contributed by atoms with Crippen molar-refractivity contribution in [1.82, 2.24) is 9.55 Å². The largest absolute Gasteiger partial charge is 0.465 e. The zero-order valence-electron chi connectivity index (χ0n) is 9.82. The maximum Gasteiger partial charge on any atom is 0.326 e. The second-order valence-electron chi connectivity index (χ2n) is 3.84. The third-order valence-corrected chi connectivity index (χ3v) is 2.85. The quantitative estimate of drug-likeness (QED) is 0.672. The van der Waals surface area contributed by atoms with E-state index in [1.807, 2.05) is 25.1 Å². The Hall–Kier alpha value is -1.62. The highest BCUT2D eigenvalue weighted by Gasteiger charge is 2.09. The Bertz CT molecular complexity index is 612. The van der Waals surface area contributed by atoms with Gasteiger partial charge in [-0.1, -0.05) is 6.07 Å². The van der Waals surface area contributed by atoms with Crippen LogP contribution in [0.5, 0.6) is 0 Å². The van der Waals surface area contributed by atoms with Gasteiger partial charge in [-0.2, -0.15) is 0 Å². The van der Waals surface area contributed by atoms with Crippen LogP contribution in [0.2, 0.25) is 0 Å². The van der Waals surface area contributed by atoms with Crippen LogP contribution >= 0.6 is 12.2 Å². The number of aromatic nitrogens is 2. The summed E-state index contributed by atoms with van der Waals surface area (Å²) in [5.41, 5.74) is 3.00. The van der Waals surface area contributed by atoms with Crippen LogP contribution in [-0.2, 0) is 16.1 Å². The van der Waals surface area contributed by atoms with Crippen molar-refractivity contribution in [3.63, 3.8) is 0 Å². The van der Waals surface area contributed by atoms with E-state index >= 15 is 0 Å². The number of imidazole rings is 1. The van der Waals surface area contributed by atoms with Crippen LogP contribution in [0, 0.1) is 11.7 Å².